The van der Waals surface area contributed by atoms with Gasteiger partial charge < -0.3 is 19.1 Å². The second kappa shape index (κ2) is 7.23. The molecule has 1 aromatic rings. The average Bonchev–Trinajstić information content (AvgIpc) is 3.37. The van der Waals surface area contributed by atoms with E-state index in [4.69, 9.17) is 9.47 Å². The molecule has 0 aliphatic carbocycles. The van der Waals surface area contributed by atoms with Crippen molar-refractivity contribution in [3.05, 3.63) is 35.9 Å². The highest BCUT2D eigenvalue weighted by Gasteiger charge is 2.70. The Hall–Kier alpha value is -1.14. The fraction of sp³-hybridized carbons (Fsp3) is 0.632. The van der Waals surface area contributed by atoms with Gasteiger partial charge in [0, 0.05) is 19.2 Å². The molecule has 25 heavy (non-hydrogen) atoms. The van der Waals surface area contributed by atoms with Gasteiger partial charge in [0.2, 0.25) is 0 Å². The quantitative estimate of drug-likeness (QED) is 0.382. The van der Waals surface area contributed by atoms with E-state index in [2.05, 4.69) is 25.7 Å². The van der Waals surface area contributed by atoms with Crippen LogP contribution < -0.4 is 0 Å². The highest BCUT2D eigenvalue weighted by Crippen LogP contribution is 2.51. The molecular weight excluding hydrogens is 342 g/mol. The van der Waals surface area contributed by atoms with Crippen molar-refractivity contribution in [2.75, 3.05) is 27.1 Å². The third kappa shape index (κ3) is 3.31. The largest absolute Gasteiger partial charge is 0.461 e. The number of ether oxygens (including phenoxy) is 2. The number of fused-ring (bicyclic) bond motifs is 5. The number of carbonyl (C=O) groups is 1. The molecule has 1 N–H and O–H groups in total. The van der Waals surface area contributed by atoms with E-state index >= 15 is 0 Å². The number of hydrogen-bond acceptors (Lipinski definition) is 4. The molecule has 138 valence electrons. The Balaban J connectivity index is 0.000000880. The average molecular weight is 369 g/mol. The molecule has 3 fully saturated rings. The lowest BCUT2D eigenvalue weighted by Gasteiger charge is -2.45. The first-order chi connectivity index (χ1) is 12.0. The lowest BCUT2D eigenvalue weighted by atomic mass is 9.95. The van der Waals surface area contributed by atoms with Crippen molar-refractivity contribution in [2.45, 2.75) is 49.2 Å². The van der Waals surface area contributed by atoms with Crippen molar-refractivity contribution >= 4 is 17.6 Å². The fourth-order valence-corrected chi connectivity index (χ4v) is 4.55. The van der Waals surface area contributed by atoms with E-state index < -0.39 is 5.92 Å². The summed E-state index contributed by atoms with van der Waals surface area (Å²) in [5.74, 6) is -0.908. The summed E-state index contributed by atoms with van der Waals surface area (Å²) in [6.45, 7) is -0.224. The predicted octanol–water partition coefficient (Wildman–Crippen LogP) is 1.92. The maximum atomic E-state index is 12.5. The molecule has 0 saturated carbocycles. The number of likely N-dealkylation sites (N-methyl/N-ethyl adjacent to an activating group) is 1. The van der Waals surface area contributed by atoms with Crippen molar-refractivity contribution in [2.24, 2.45) is 0 Å². The molecule has 5 nitrogen and oxygen atoms in total. The Bertz CT molecular complexity index is 589. The van der Waals surface area contributed by atoms with Crippen LogP contribution >= 0.6 is 11.6 Å². The van der Waals surface area contributed by atoms with Crippen molar-refractivity contribution in [1.82, 2.24) is 0 Å². The lowest BCUT2D eigenvalue weighted by Crippen LogP contribution is -2.60. The van der Waals surface area contributed by atoms with Gasteiger partial charge in [-0.2, -0.15) is 0 Å². The van der Waals surface area contributed by atoms with Gasteiger partial charge >= 0.3 is 5.97 Å². The summed E-state index contributed by atoms with van der Waals surface area (Å²) in [5, 5.41) is 9.60. The highest BCUT2D eigenvalue weighted by molar-refractivity contribution is 6.15. The van der Waals surface area contributed by atoms with Gasteiger partial charge in [-0.1, -0.05) is 30.3 Å². The zero-order valence-electron chi connectivity index (χ0n) is 15.0. The summed E-state index contributed by atoms with van der Waals surface area (Å²) >= 11 is 4.64. The summed E-state index contributed by atoms with van der Waals surface area (Å²) in [6, 6.07) is 10.2. The second-order valence-corrected chi connectivity index (χ2v) is 7.51. The van der Waals surface area contributed by atoms with E-state index in [1.165, 1.54) is 6.38 Å². The van der Waals surface area contributed by atoms with Gasteiger partial charge in [-0.05, 0) is 5.56 Å². The number of nitrogens with zero attached hydrogens (tertiary/aromatic N) is 1. The molecule has 3 aliphatic rings. The molecule has 3 aliphatic heterocycles. The molecule has 6 heteroatoms. The van der Waals surface area contributed by atoms with Crippen LogP contribution in [0.2, 0.25) is 0 Å². The van der Waals surface area contributed by atoms with E-state index in [0.29, 0.717) is 24.3 Å². The van der Waals surface area contributed by atoms with Crippen LogP contribution in [0.25, 0.3) is 0 Å². The smallest absolute Gasteiger partial charge is 0.316 e. The Labute approximate surface area is 154 Å². The molecule has 5 atom stereocenters. The van der Waals surface area contributed by atoms with Crippen LogP contribution in [0.3, 0.4) is 0 Å². The number of epoxide rings is 1. The molecule has 3 heterocycles. The summed E-state index contributed by atoms with van der Waals surface area (Å²) in [5.41, 5.74) is 0.807. The Morgan fingerprint density at radius 3 is 2.32 bits per heavy atom. The molecule has 0 aromatic heterocycles. The van der Waals surface area contributed by atoms with Crippen molar-refractivity contribution < 1.29 is 23.9 Å². The van der Waals surface area contributed by atoms with Crippen LogP contribution in [0.4, 0.5) is 0 Å². The fourth-order valence-electron chi connectivity index (χ4n) is 4.55. The van der Waals surface area contributed by atoms with Gasteiger partial charge in [0.1, 0.15) is 36.3 Å². The van der Waals surface area contributed by atoms with Gasteiger partial charge in [-0.3, -0.25) is 4.79 Å². The molecule has 5 unspecified atom stereocenters. The Morgan fingerprint density at radius 2 is 1.80 bits per heavy atom. The molecule has 4 rings (SSSR count). The second-order valence-electron chi connectivity index (χ2n) is 7.51. The number of carbonyl (C=O) groups excluding carboxylic acids is 1. The van der Waals surface area contributed by atoms with Crippen LogP contribution in [0.5, 0.6) is 0 Å². The van der Waals surface area contributed by atoms with E-state index in [1.807, 2.05) is 30.3 Å². The predicted molar refractivity (Wildman–Crippen MR) is 95.5 cm³/mol. The third-order valence-electron chi connectivity index (χ3n) is 5.99. The van der Waals surface area contributed by atoms with Crippen molar-refractivity contribution in [3.63, 3.8) is 0 Å². The molecule has 1 aromatic carbocycles. The van der Waals surface area contributed by atoms with Crippen LogP contribution in [0.15, 0.2) is 30.3 Å². The first-order valence-corrected chi connectivity index (χ1v) is 9.51. The first kappa shape index (κ1) is 18.6. The van der Waals surface area contributed by atoms with Crippen molar-refractivity contribution in [3.8, 4) is 0 Å². The standard InChI is InChI=1S/C18H24NO4.CH3Cl/c1-19(2)14-8-12(9-15(19)17-16(14)23-17)22-18(21)13(10-20)11-6-4-3-5-7-11;1-2/h3-7,12-17,20H,8-10H2,1-2H3;1H3/q+1;. The highest BCUT2D eigenvalue weighted by atomic mass is 35.5. The van der Waals surface area contributed by atoms with Crippen molar-refractivity contribution in [1.29, 1.82) is 0 Å². The number of aliphatic hydroxyl groups is 1. The molecule has 0 radical (unpaired) electrons. The van der Waals surface area contributed by atoms with E-state index in [-0.39, 0.29) is 18.7 Å². The zero-order valence-corrected chi connectivity index (χ0v) is 15.7. The number of esters is 1. The third-order valence-corrected chi connectivity index (χ3v) is 5.99. The minimum absolute atomic E-state index is 0.0576. The van der Waals surface area contributed by atoms with Gasteiger partial charge in [0.05, 0.1) is 20.7 Å². The monoisotopic (exact) mass is 368 g/mol. The van der Waals surface area contributed by atoms with Crippen LogP contribution in [-0.4, -0.2) is 73.0 Å². The number of morpholine rings is 1. The first-order valence-electron chi connectivity index (χ1n) is 8.75. The molecule has 2 bridgehead atoms. The summed E-state index contributed by atoms with van der Waals surface area (Å²) in [6.07, 6.45) is 3.81. The van der Waals surface area contributed by atoms with Crippen LogP contribution in [0.1, 0.15) is 24.3 Å². The van der Waals surface area contributed by atoms with Crippen LogP contribution in [-0.2, 0) is 14.3 Å². The number of benzene rings is 1. The lowest BCUT2D eigenvalue weighted by molar-refractivity contribution is -0.938. The maximum Gasteiger partial charge on any atom is 0.316 e. The number of halogens is 1. The number of aliphatic hydroxyl groups excluding tert-OH is 1. The van der Waals surface area contributed by atoms with E-state index in [0.717, 1.165) is 22.9 Å². The van der Waals surface area contributed by atoms with E-state index in [9.17, 15) is 9.90 Å². The van der Waals surface area contributed by atoms with Gasteiger partial charge in [-0.25, -0.2) is 0 Å². The maximum absolute atomic E-state index is 12.5. The van der Waals surface area contributed by atoms with Gasteiger partial charge in [0.25, 0.3) is 0 Å². The summed E-state index contributed by atoms with van der Waals surface area (Å²) in [4.78, 5) is 12.5. The number of piperidine rings is 1. The zero-order chi connectivity index (χ0) is 18.2. The molecule has 0 amide bonds. The molecular formula is C19H27ClNO4+. The number of hydrogen-bond donors (Lipinski definition) is 1. The minimum Gasteiger partial charge on any atom is -0.461 e. The van der Waals surface area contributed by atoms with Crippen LogP contribution in [0, 0.1) is 0 Å². The number of quaternary nitrogens is 1. The minimum atomic E-state index is -0.593. The molecule has 3 saturated heterocycles. The Morgan fingerprint density at radius 1 is 1.24 bits per heavy atom. The van der Waals surface area contributed by atoms with Gasteiger partial charge in [-0.15, -0.1) is 11.6 Å². The van der Waals surface area contributed by atoms with Gasteiger partial charge in [0.15, 0.2) is 0 Å². The SMILES string of the molecule is CCl.C[N+]1(C)C2CC(OC(=O)C(CO)c3ccccc3)CC1C1OC12. The van der Waals surface area contributed by atoms with E-state index in [1.54, 1.807) is 0 Å². The topological polar surface area (TPSA) is 59.1 Å². The summed E-state index contributed by atoms with van der Waals surface area (Å²) in [7, 11) is 4.51. The summed E-state index contributed by atoms with van der Waals surface area (Å²) < 4.78 is 12.5. The Kier molecular flexibility index (Phi) is 5.40. The number of rotatable bonds is 4. The normalized spacial score (nSPS) is 35.0. The molecule has 0 spiro atoms. The number of alkyl halides is 1.